The maximum Gasteiger partial charge on any atom is 1.00 e. The summed E-state index contributed by atoms with van der Waals surface area (Å²) < 4.78 is 33.7. The summed E-state index contributed by atoms with van der Waals surface area (Å²) in [5, 5.41) is 0. The molecule has 0 aromatic heterocycles. The summed E-state index contributed by atoms with van der Waals surface area (Å²) in [4.78, 5) is 24.0. The molecule has 0 fully saturated rings. The number of carbonyl (C=O) groups excluding carboxylic acids is 2. The Morgan fingerprint density at radius 1 is 0.762 bits per heavy atom. The fourth-order valence-electron chi connectivity index (χ4n) is 2.32. The van der Waals surface area contributed by atoms with Crippen LogP contribution in [-0.4, -0.2) is 24.5 Å². The monoisotopic (exact) mass is 326 g/mol. The van der Waals surface area contributed by atoms with E-state index >= 15 is 0 Å². The SMILES string of the molecule is O=C1c2ccccc2C(=O)c2c1cccc2S(=O)(=O)[O-].[K+]. The Bertz CT molecular complexity index is 871. The number of fused-ring (bicyclic) bond motifs is 2. The van der Waals surface area contributed by atoms with Gasteiger partial charge in [-0.15, -0.1) is 0 Å². The molecular weight excluding hydrogens is 319 g/mol. The van der Waals surface area contributed by atoms with Gasteiger partial charge in [0, 0.05) is 16.7 Å². The van der Waals surface area contributed by atoms with E-state index in [2.05, 4.69) is 0 Å². The summed E-state index contributed by atoms with van der Waals surface area (Å²) >= 11 is 0. The van der Waals surface area contributed by atoms with Gasteiger partial charge >= 0.3 is 51.4 Å². The Hall–Kier alpha value is -0.674. The van der Waals surface area contributed by atoms with Gasteiger partial charge in [0.1, 0.15) is 10.1 Å². The molecule has 3 rings (SSSR count). The zero-order chi connectivity index (χ0) is 14.5. The summed E-state index contributed by atoms with van der Waals surface area (Å²) in [6.45, 7) is 0. The van der Waals surface area contributed by atoms with Gasteiger partial charge in [-0.3, -0.25) is 9.59 Å². The average molecular weight is 326 g/mol. The molecule has 1 aliphatic rings. The minimum atomic E-state index is -4.83. The Morgan fingerprint density at radius 3 is 1.86 bits per heavy atom. The van der Waals surface area contributed by atoms with Gasteiger partial charge in [0.15, 0.2) is 11.6 Å². The number of carbonyl (C=O) groups is 2. The summed E-state index contributed by atoms with van der Waals surface area (Å²) in [7, 11) is -4.83. The van der Waals surface area contributed by atoms with Crippen LogP contribution in [0.4, 0.5) is 0 Å². The van der Waals surface area contributed by atoms with E-state index in [4.69, 9.17) is 0 Å². The van der Waals surface area contributed by atoms with Crippen LogP contribution >= 0.6 is 0 Å². The van der Waals surface area contributed by atoms with Crippen LogP contribution in [0, 0.1) is 0 Å². The molecule has 0 bridgehead atoms. The van der Waals surface area contributed by atoms with E-state index in [-0.39, 0.29) is 73.6 Å². The van der Waals surface area contributed by atoms with Gasteiger partial charge in [0.05, 0.1) is 10.5 Å². The molecule has 0 N–H and O–H groups in total. The Labute approximate surface area is 163 Å². The molecule has 0 atom stereocenters. The summed E-state index contributed by atoms with van der Waals surface area (Å²) in [5.74, 6) is -1.08. The molecule has 7 heteroatoms. The molecule has 5 nitrogen and oxygen atoms in total. The molecule has 0 spiro atoms. The quantitative estimate of drug-likeness (QED) is 0.395. The van der Waals surface area contributed by atoms with Crippen molar-refractivity contribution in [1.29, 1.82) is 0 Å². The first-order valence-corrected chi connectivity index (χ1v) is 7.09. The third-order valence-electron chi connectivity index (χ3n) is 3.18. The van der Waals surface area contributed by atoms with Crippen LogP contribution in [0.5, 0.6) is 0 Å². The van der Waals surface area contributed by atoms with Crippen LogP contribution < -0.4 is 51.4 Å². The Balaban J connectivity index is 0.00000161. The molecule has 0 unspecified atom stereocenters. The molecule has 0 heterocycles. The number of ketones is 2. The van der Waals surface area contributed by atoms with Crippen LogP contribution in [0.2, 0.25) is 0 Å². The van der Waals surface area contributed by atoms with Crippen LogP contribution in [0.3, 0.4) is 0 Å². The van der Waals surface area contributed by atoms with Gasteiger partial charge in [-0.1, -0.05) is 36.4 Å². The molecule has 0 radical (unpaired) electrons. The van der Waals surface area contributed by atoms with Crippen LogP contribution in [-0.2, 0) is 10.1 Å². The summed E-state index contributed by atoms with van der Waals surface area (Å²) in [5.41, 5.74) is -0.0524. The molecule has 2 aromatic carbocycles. The minimum Gasteiger partial charge on any atom is -0.744 e. The van der Waals surface area contributed by atoms with Gasteiger partial charge in [0.2, 0.25) is 0 Å². The van der Waals surface area contributed by atoms with Crippen molar-refractivity contribution in [2.24, 2.45) is 0 Å². The molecule has 2 aromatic rings. The zero-order valence-electron chi connectivity index (χ0n) is 11.0. The fraction of sp³-hybridized carbons (Fsp3) is 0. The predicted octanol–water partition coefficient (Wildman–Crippen LogP) is -1.63. The van der Waals surface area contributed by atoms with Gasteiger partial charge in [0.25, 0.3) is 0 Å². The summed E-state index contributed by atoms with van der Waals surface area (Å²) in [6.07, 6.45) is 0. The second-order valence-corrected chi connectivity index (χ2v) is 5.68. The first-order valence-electron chi connectivity index (χ1n) is 5.68. The number of benzene rings is 2. The normalized spacial score (nSPS) is 13.2. The number of hydrogen-bond donors (Lipinski definition) is 0. The molecular formula is C14H7KO5S. The van der Waals surface area contributed by atoms with E-state index < -0.39 is 26.6 Å². The number of rotatable bonds is 1. The maximum atomic E-state index is 12.4. The third-order valence-corrected chi connectivity index (χ3v) is 4.06. The van der Waals surface area contributed by atoms with E-state index in [0.717, 1.165) is 6.07 Å². The van der Waals surface area contributed by atoms with Crippen LogP contribution in [0.15, 0.2) is 47.4 Å². The van der Waals surface area contributed by atoms with Crippen molar-refractivity contribution in [3.8, 4) is 0 Å². The molecule has 0 aliphatic heterocycles. The predicted molar refractivity (Wildman–Crippen MR) is 67.7 cm³/mol. The topological polar surface area (TPSA) is 91.3 Å². The Kier molecular flexibility index (Phi) is 4.65. The third kappa shape index (κ3) is 2.70. The van der Waals surface area contributed by atoms with Crippen molar-refractivity contribution >= 4 is 21.7 Å². The van der Waals surface area contributed by atoms with Gasteiger partial charge in [-0.25, -0.2) is 8.42 Å². The van der Waals surface area contributed by atoms with Crippen LogP contribution in [0.1, 0.15) is 31.8 Å². The van der Waals surface area contributed by atoms with Crippen LogP contribution in [0.25, 0.3) is 0 Å². The van der Waals surface area contributed by atoms with Crippen molar-refractivity contribution in [3.63, 3.8) is 0 Å². The maximum absolute atomic E-state index is 12.4. The Morgan fingerprint density at radius 2 is 1.29 bits per heavy atom. The molecule has 0 saturated heterocycles. The van der Waals surface area contributed by atoms with Gasteiger partial charge < -0.3 is 4.55 Å². The van der Waals surface area contributed by atoms with Crippen molar-refractivity contribution < 1.29 is 73.9 Å². The molecule has 0 amide bonds. The van der Waals surface area contributed by atoms with E-state index in [9.17, 15) is 22.6 Å². The minimum absolute atomic E-state index is 0. The standard InChI is InChI=1S/C14H8O5S.K/c15-13-8-4-1-2-5-9(8)14(16)12-10(13)6-3-7-11(12)20(17,18)19;/h1-7H,(H,17,18,19);/q;+1/p-1. The first-order chi connectivity index (χ1) is 9.41. The van der Waals surface area contributed by atoms with E-state index in [0.29, 0.717) is 0 Å². The van der Waals surface area contributed by atoms with E-state index in [1.54, 1.807) is 12.1 Å². The van der Waals surface area contributed by atoms with Gasteiger partial charge in [-0.2, -0.15) is 0 Å². The van der Waals surface area contributed by atoms with Crippen molar-refractivity contribution in [1.82, 2.24) is 0 Å². The van der Waals surface area contributed by atoms with Crippen molar-refractivity contribution in [3.05, 3.63) is 64.7 Å². The first kappa shape index (κ1) is 16.7. The second-order valence-electron chi connectivity index (χ2n) is 4.34. The van der Waals surface area contributed by atoms with Gasteiger partial charge in [-0.05, 0) is 6.07 Å². The van der Waals surface area contributed by atoms with Crippen molar-refractivity contribution in [2.45, 2.75) is 4.90 Å². The molecule has 1 aliphatic carbocycles. The molecule has 21 heavy (non-hydrogen) atoms. The average Bonchev–Trinajstić information content (AvgIpc) is 2.43. The zero-order valence-corrected chi connectivity index (χ0v) is 14.9. The smallest absolute Gasteiger partial charge is 0.744 e. The molecule has 0 saturated carbocycles. The van der Waals surface area contributed by atoms with E-state index in [1.807, 2.05) is 0 Å². The van der Waals surface area contributed by atoms with E-state index in [1.165, 1.54) is 24.3 Å². The largest absolute Gasteiger partial charge is 1.00 e. The van der Waals surface area contributed by atoms with Crippen molar-refractivity contribution in [2.75, 3.05) is 0 Å². The summed E-state index contributed by atoms with van der Waals surface area (Å²) in [6, 6.07) is 9.79. The number of hydrogen-bond acceptors (Lipinski definition) is 5. The fourth-order valence-corrected chi connectivity index (χ4v) is 3.02. The second kappa shape index (κ2) is 5.84. The molecule has 100 valence electrons.